The van der Waals surface area contributed by atoms with Crippen molar-refractivity contribution < 1.29 is 14.0 Å². The predicted octanol–water partition coefficient (Wildman–Crippen LogP) is 4.04. The Hall–Kier alpha value is -1.43. The minimum atomic E-state index is -1.94. The van der Waals surface area contributed by atoms with Crippen molar-refractivity contribution in [1.29, 1.82) is 0 Å². The number of ether oxygens (including phenoxy) is 1. The minimum absolute atomic E-state index is 0.0640. The van der Waals surface area contributed by atoms with Crippen LogP contribution in [0.5, 0.6) is 0 Å². The first kappa shape index (κ1) is 19.9. The van der Waals surface area contributed by atoms with Crippen LogP contribution in [0.15, 0.2) is 42.5 Å². The number of hydrogen-bond donors (Lipinski definition) is 1. The maximum absolute atomic E-state index is 11.7. The molecule has 0 heterocycles. The van der Waals surface area contributed by atoms with Crippen LogP contribution in [0.4, 0.5) is 0 Å². The van der Waals surface area contributed by atoms with E-state index >= 15 is 0 Å². The van der Waals surface area contributed by atoms with E-state index < -0.39 is 8.32 Å². The lowest BCUT2D eigenvalue weighted by Crippen LogP contribution is -2.53. The molecule has 0 bridgehead atoms. The lowest BCUT2D eigenvalue weighted by Gasteiger charge is -2.40. The standard InChI is InChI=1S/C20H31NO3Si/c1-15(22)21-19-17(23-14-16-10-8-7-9-11-16)12-13-18(19)24-25(5,6)20(2,3)4/h7-13,17-19H,14H2,1-6H3,(H,21,22)/t17-,18-,19-/m1/s1. The van der Waals surface area contributed by atoms with Gasteiger partial charge in [-0.3, -0.25) is 4.79 Å². The number of nitrogens with one attached hydrogen (secondary N) is 1. The maximum Gasteiger partial charge on any atom is 0.217 e. The first-order valence-electron chi connectivity index (χ1n) is 8.89. The number of carbonyl (C=O) groups is 1. The van der Waals surface area contributed by atoms with Crippen LogP contribution in [0.3, 0.4) is 0 Å². The van der Waals surface area contributed by atoms with Crippen molar-refractivity contribution in [1.82, 2.24) is 5.32 Å². The van der Waals surface area contributed by atoms with Crippen molar-refractivity contribution in [2.45, 2.75) is 70.7 Å². The first-order valence-corrected chi connectivity index (χ1v) is 11.8. The zero-order valence-corrected chi connectivity index (χ0v) is 17.2. The molecule has 0 radical (unpaired) electrons. The Bertz CT molecular complexity index is 607. The summed E-state index contributed by atoms with van der Waals surface area (Å²) in [6.45, 7) is 13.2. The molecule has 0 spiro atoms. The van der Waals surface area contributed by atoms with Gasteiger partial charge in [0.2, 0.25) is 5.91 Å². The average molecular weight is 362 g/mol. The largest absolute Gasteiger partial charge is 0.408 e. The average Bonchev–Trinajstić information content (AvgIpc) is 2.86. The fourth-order valence-corrected chi connectivity index (χ4v) is 3.86. The van der Waals surface area contributed by atoms with Gasteiger partial charge in [-0.1, -0.05) is 63.3 Å². The van der Waals surface area contributed by atoms with Crippen molar-refractivity contribution in [3.05, 3.63) is 48.0 Å². The molecule has 2 rings (SSSR count). The van der Waals surface area contributed by atoms with Crippen LogP contribution in [0, 0.1) is 0 Å². The van der Waals surface area contributed by atoms with Gasteiger partial charge in [-0.25, -0.2) is 0 Å². The summed E-state index contributed by atoms with van der Waals surface area (Å²) >= 11 is 0. The summed E-state index contributed by atoms with van der Waals surface area (Å²) in [4.78, 5) is 11.7. The van der Waals surface area contributed by atoms with Gasteiger partial charge in [-0.15, -0.1) is 0 Å². The summed E-state index contributed by atoms with van der Waals surface area (Å²) in [5.74, 6) is -0.0640. The van der Waals surface area contributed by atoms with Crippen LogP contribution in [-0.2, 0) is 20.6 Å². The van der Waals surface area contributed by atoms with Crippen LogP contribution >= 0.6 is 0 Å². The highest BCUT2D eigenvalue weighted by Gasteiger charge is 2.43. The zero-order chi connectivity index (χ0) is 18.7. The van der Waals surface area contributed by atoms with E-state index in [-0.39, 0.29) is 29.2 Å². The van der Waals surface area contributed by atoms with Gasteiger partial charge in [0.1, 0.15) is 0 Å². The third kappa shape index (κ3) is 5.27. The molecule has 1 aliphatic rings. The SMILES string of the molecule is CC(=O)N[C@@H]1[C@H](OCc2ccccc2)C=C[C@H]1O[Si](C)(C)C(C)(C)C. The second kappa shape index (κ2) is 7.85. The van der Waals surface area contributed by atoms with Crippen LogP contribution in [-0.4, -0.2) is 32.5 Å². The summed E-state index contributed by atoms with van der Waals surface area (Å²) in [5.41, 5.74) is 1.12. The molecule has 1 amide bonds. The quantitative estimate of drug-likeness (QED) is 0.614. The molecule has 25 heavy (non-hydrogen) atoms. The Labute approximate surface area is 152 Å². The molecule has 0 aliphatic heterocycles. The van der Waals surface area contributed by atoms with Crippen LogP contribution in [0.25, 0.3) is 0 Å². The van der Waals surface area contributed by atoms with Crippen molar-refractivity contribution in [2.24, 2.45) is 0 Å². The van der Waals surface area contributed by atoms with Crippen molar-refractivity contribution >= 4 is 14.2 Å². The monoisotopic (exact) mass is 361 g/mol. The molecule has 0 saturated heterocycles. The highest BCUT2D eigenvalue weighted by atomic mass is 28.4. The second-order valence-corrected chi connectivity index (χ2v) is 13.0. The fraction of sp³-hybridized carbons (Fsp3) is 0.550. The van der Waals surface area contributed by atoms with Gasteiger partial charge in [-0.05, 0) is 23.7 Å². The molecule has 0 unspecified atom stereocenters. The number of benzene rings is 1. The predicted molar refractivity (Wildman–Crippen MR) is 104 cm³/mol. The molecule has 1 N–H and O–H groups in total. The number of carbonyl (C=O) groups excluding carboxylic acids is 1. The third-order valence-corrected chi connectivity index (χ3v) is 9.56. The summed E-state index contributed by atoms with van der Waals surface area (Å²) < 4.78 is 12.6. The van der Waals surface area contributed by atoms with Gasteiger partial charge in [0.25, 0.3) is 0 Å². The Balaban J connectivity index is 2.06. The Morgan fingerprint density at radius 2 is 1.72 bits per heavy atom. The van der Waals surface area contributed by atoms with Crippen LogP contribution in [0.1, 0.15) is 33.3 Å². The third-order valence-electron chi connectivity index (χ3n) is 5.09. The Morgan fingerprint density at radius 1 is 1.12 bits per heavy atom. The fourth-order valence-electron chi connectivity index (χ4n) is 2.60. The maximum atomic E-state index is 11.7. The molecule has 5 heteroatoms. The summed E-state index contributed by atoms with van der Waals surface area (Å²) in [6, 6.07) is 9.87. The number of rotatable bonds is 6. The van der Waals surface area contributed by atoms with Gasteiger partial charge in [0, 0.05) is 6.92 Å². The molecule has 4 nitrogen and oxygen atoms in total. The highest BCUT2D eigenvalue weighted by Crippen LogP contribution is 2.38. The van der Waals surface area contributed by atoms with Crippen molar-refractivity contribution in [3.63, 3.8) is 0 Å². The molecule has 0 fully saturated rings. The molecular weight excluding hydrogens is 330 g/mol. The summed E-state index contributed by atoms with van der Waals surface area (Å²) in [7, 11) is -1.94. The van der Waals surface area contributed by atoms with Crippen molar-refractivity contribution in [3.8, 4) is 0 Å². The lowest BCUT2D eigenvalue weighted by atomic mass is 10.1. The second-order valence-electron chi connectivity index (χ2n) is 8.22. The smallest absolute Gasteiger partial charge is 0.217 e. The van der Waals surface area contributed by atoms with Gasteiger partial charge in [0.05, 0.1) is 24.9 Å². The molecule has 1 aromatic rings. The Morgan fingerprint density at radius 3 is 2.28 bits per heavy atom. The Kier molecular flexibility index (Phi) is 6.24. The van der Waals surface area contributed by atoms with E-state index in [4.69, 9.17) is 9.16 Å². The summed E-state index contributed by atoms with van der Waals surface area (Å²) in [5, 5.41) is 3.14. The van der Waals surface area contributed by atoms with E-state index in [9.17, 15) is 4.79 Å². The van der Waals surface area contributed by atoms with Crippen molar-refractivity contribution in [2.75, 3.05) is 0 Å². The zero-order valence-electron chi connectivity index (χ0n) is 16.2. The van der Waals surface area contributed by atoms with Crippen LogP contribution < -0.4 is 5.32 Å². The topological polar surface area (TPSA) is 47.6 Å². The van der Waals surface area contributed by atoms with E-state index in [1.54, 1.807) is 0 Å². The molecular formula is C20H31NO3Si. The molecule has 0 aromatic heterocycles. The van der Waals surface area contributed by atoms with Crippen LogP contribution in [0.2, 0.25) is 18.1 Å². The molecule has 3 atom stereocenters. The number of amides is 1. The molecule has 138 valence electrons. The molecule has 0 saturated carbocycles. The van der Waals surface area contributed by atoms with Gasteiger partial charge in [0.15, 0.2) is 8.32 Å². The minimum Gasteiger partial charge on any atom is -0.408 e. The first-order chi connectivity index (χ1) is 11.6. The number of hydrogen-bond acceptors (Lipinski definition) is 3. The highest BCUT2D eigenvalue weighted by molar-refractivity contribution is 6.74. The normalized spacial score (nSPS) is 23.7. The van der Waals surface area contributed by atoms with Gasteiger partial charge < -0.3 is 14.5 Å². The molecule has 1 aliphatic carbocycles. The van der Waals surface area contributed by atoms with E-state index in [1.807, 2.05) is 42.5 Å². The van der Waals surface area contributed by atoms with E-state index in [0.29, 0.717) is 6.61 Å². The van der Waals surface area contributed by atoms with Gasteiger partial charge >= 0.3 is 0 Å². The summed E-state index contributed by atoms with van der Waals surface area (Å²) in [6.07, 6.45) is 3.72. The van der Waals surface area contributed by atoms with E-state index in [1.165, 1.54) is 6.92 Å². The van der Waals surface area contributed by atoms with Gasteiger partial charge in [-0.2, -0.15) is 0 Å². The molecule has 1 aromatic carbocycles. The van der Waals surface area contributed by atoms with E-state index in [2.05, 4.69) is 39.2 Å². The van der Waals surface area contributed by atoms with E-state index in [0.717, 1.165) is 5.56 Å². The lowest BCUT2D eigenvalue weighted by molar-refractivity contribution is -0.121.